The van der Waals surface area contributed by atoms with Gasteiger partial charge in [0.15, 0.2) is 0 Å². The number of hydrogen-bond acceptors (Lipinski definition) is 5. The summed E-state index contributed by atoms with van der Waals surface area (Å²) < 4.78 is 25.3. The summed E-state index contributed by atoms with van der Waals surface area (Å²) in [5, 5.41) is 0. The van der Waals surface area contributed by atoms with Gasteiger partial charge >= 0.3 is 0 Å². The number of rotatable bonds is 5. The van der Waals surface area contributed by atoms with Gasteiger partial charge in [0.25, 0.3) is 0 Å². The average Bonchev–Trinajstić information content (AvgIpc) is 3.15. The Labute approximate surface area is 165 Å². The van der Waals surface area contributed by atoms with Crippen LogP contribution < -0.4 is 0 Å². The fraction of sp³-hybridized carbons (Fsp3) is 0.450. The molecule has 0 saturated carbocycles. The van der Waals surface area contributed by atoms with Crippen LogP contribution in [0.4, 0.5) is 0 Å². The second kappa shape index (κ2) is 7.50. The van der Waals surface area contributed by atoms with E-state index >= 15 is 0 Å². The highest BCUT2D eigenvalue weighted by atomic mass is 32.2. The molecule has 3 rings (SSSR count). The SMILES string of the molecule is CC(C)[C@H]1C(=O)N(S(C)(=O)=O)[C@H]2CCN(C(=O)/C=C/c3ccc(C=O)cc3)[C@H]12. The Morgan fingerprint density at radius 3 is 2.32 bits per heavy atom. The highest BCUT2D eigenvalue weighted by Gasteiger charge is 2.58. The normalized spacial score (nSPS) is 25.0. The van der Waals surface area contributed by atoms with Gasteiger partial charge in [-0.1, -0.05) is 38.1 Å². The van der Waals surface area contributed by atoms with Crippen LogP contribution in [-0.4, -0.2) is 60.6 Å². The van der Waals surface area contributed by atoms with E-state index in [1.165, 1.54) is 6.08 Å². The Hall–Kier alpha value is -2.48. The van der Waals surface area contributed by atoms with Gasteiger partial charge < -0.3 is 4.90 Å². The predicted octanol–water partition coefficient (Wildman–Crippen LogP) is 1.56. The molecule has 2 saturated heterocycles. The highest BCUT2D eigenvalue weighted by molar-refractivity contribution is 7.88. The zero-order chi connectivity index (χ0) is 20.6. The van der Waals surface area contributed by atoms with E-state index in [0.29, 0.717) is 18.5 Å². The molecule has 0 aliphatic carbocycles. The molecule has 2 heterocycles. The zero-order valence-corrected chi connectivity index (χ0v) is 16.9. The minimum Gasteiger partial charge on any atom is -0.333 e. The molecule has 7 nitrogen and oxygen atoms in total. The van der Waals surface area contributed by atoms with Crippen molar-refractivity contribution in [3.63, 3.8) is 0 Å². The van der Waals surface area contributed by atoms with Gasteiger partial charge in [-0.2, -0.15) is 0 Å². The molecule has 0 N–H and O–H groups in total. The molecular formula is C20H24N2O5S. The van der Waals surface area contributed by atoms with Crippen molar-refractivity contribution in [2.75, 3.05) is 12.8 Å². The van der Waals surface area contributed by atoms with Crippen molar-refractivity contribution >= 4 is 34.2 Å². The van der Waals surface area contributed by atoms with Crippen LogP contribution in [0.1, 0.15) is 36.2 Å². The number of nitrogens with zero attached hydrogens (tertiary/aromatic N) is 2. The molecule has 1 aromatic carbocycles. The maximum Gasteiger partial charge on any atom is 0.246 e. The molecule has 2 amide bonds. The number of likely N-dealkylation sites (tertiary alicyclic amines) is 1. The van der Waals surface area contributed by atoms with Crippen molar-refractivity contribution in [2.24, 2.45) is 11.8 Å². The number of amides is 2. The third kappa shape index (κ3) is 3.61. The van der Waals surface area contributed by atoms with Gasteiger partial charge in [-0.3, -0.25) is 14.4 Å². The molecule has 0 spiro atoms. The molecule has 28 heavy (non-hydrogen) atoms. The molecule has 0 bridgehead atoms. The molecule has 0 radical (unpaired) electrons. The number of benzene rings is 1. The minimum atomic E-state index is -3.68. The van der Waals surface area contributed by atoms with Crippen LogP contribution >= 0.6 is 0 Å². The van der Waals surface area contributed by atoms with Crippen LogP contribution in [-0.2, 0) is 19.6 Å². The minimum absolute atomic E-state index is 0.0833. The summed E-state index contributed by atoms with van der Waals surface area (Å²) in [4.78, 5) is 37.9. The second-order valence-corrected chi connectivity index (χ2v) is 9.52. The van der Waals surface area contributed by atoms with E-state index in [1.807, 2.05) is 13.8 Å². The predicted molar refractivity (Wildman–Crippen MR) is 105 cm³/mol. The van der Waals surface area contributed by atoms with Gasteiger partial charge in [0.1, 0.15) is 6.29 Å². The summed E-state index contributed by atoms with van der Waals surface area (Å²) in [5.41, 5.74) is 1.33. The lowest BCUT2D eigenvalue weighted by Gasteiger charge is -2.28. The average molecular weight is 404 g/mol. The Morgan fingerprint density at radius 1 is 1.18 bits per heavy atom. The second-order valence-electron chi connectivity index (χ2n) is 7.66. The van der Waals surface area contributed by atoms with Crippen LogP contribution in [0.3, 0.4) is 0 Å². The zero-order valence-electron chi connectivity index (χ0n) is 16.1. The number of carbonyl (C=O) groups is 3. The molecule has 2 fully saturated rings. The smallest absolute Gasteiger partial charge is 0.246 e. The van der Waals surface area contributed by atoms with Gasteiger partial charge in [-0.15, -0.1) is 0 Å². The first kappa shape index (κ1) is 20.3. The molecular weight excluding hydrogens is 380 g/mol. The highest BCUT2D eigenvalue weighted by Crippen LogP contribution is 2.41. The largest absolute Gasteiger partial charge is 0.333 e. The summed E-state index contributed by atoms with van der Waals surface area (Å²) in [6, 6.07) is 5.86. The molecule has 1 aromatic rings. The number of carbonyl (C=O) groups excluding carboxylic acids is 3. The first-order valence-electron chi connectivity index (χ1n) is 9.22. The van der Waals surface area contributed by atoms with Crippen molar-refractivity contribution in [1.29, 1.82) is 0 Å². The number of fused-ring (bicyclic) bond motifs is 1. The molecule has 0 aromatic heterocycles. The molecule has 2 aliphatic rings. The molecule has 150 valence electrons. The van der Waals surface area contributed by atoms with E-state index in [9.17, 15) is 22.8 Å². The number of sulfonamides is 1. The fourth-order valence-corrected chi connectivity index (χ4v) is 5.41. The van der Waals surface area contributed by atoms with Crippen LogP contribution in [0.2, 0.25) is 0 Å². The van der Waals surface area contributed by atoms with E-state index in [1.54, 1.807) is 35.2 Å². The number of aldehydes is 1. The Bertz CT molecular complexity index is 920. The lowest BCUT2D eigenvalue weighted by Crippen LogP contribution is -2.43. The summed E-state index contributed by atoms with van der Waals surface area (Å²) in [6.45, 7) is 4.15. The van der Waals surface area contributed by atoms with E-state index in [0.717, 1.165) is 22.4 Å². The van der Waals surface area contributed by atoms with Gasteiger partial charge in [0.05, 0.1) is 24.3 Å². The van der Waals surface area contributed by atoms with Crippen molar-refractivity contribution in [3.05, 3.63) is 41.5 Å². The van der Waals surface area contributed by atoms with Crippen molar-refractivity contribution in [3.8, 4) is 0 Å². The maximum atomic E-state index is 12.8. The molecule has 8 heteroatoms. The standard InChI is InChI=1S/C20H24N2O5S/c1-13(2)18-19-16(22(20(18)25)28(3,26)27)10-11-21(19)17(24)9-8-14-4-6-15(12-23)7-5-14/h4-9,12-13,16,18-19H,10-11H2,1-3H3/b9-8+/t16-,18+,19-/m0/s1. The summed E-state index contributed by atoms with van der Waals surface area (Å²) in [6.07, 6.45) is 5.32. The first-order chi connectivity index (χ1) is 13.1. The molecule has 3 atom stereocenters. The van der Waals surface area contributed by atoms with Crippen LogP contribution in [0, 0.1) is 11.8 Å². The van der Waals surface area contributed by atoms with Crippen LogP contribution in [0.25, 0.3) is 6.08 Å². The van der Waals surface area contributed by atoms with Gasteiger partial charge in [0.2, 0.25) is 21.8 Å². The Kier molecular flexibility index (Phi) is 5.43. The summed E-state index contributed by atoms with van der Waals surface area (Å²) >= 11 is 0. The van der Waals surface area contributed by atoms with E-state index < -0.39 is 33.9 Å². The van der Waals surface area contributed by atoms with Crippen LogP contribution in [0.5, 0.6) is 0 Å². The van der Waals surface area contributed by atoms with E-state index in [-0.39, 0.29) is 11.8 Å². The van der Waals surface area contributed by atoms with E-state index in [2.05, 4.69) is 0 Å². The monoisotopic (exact) mass is 404 g/mol. The summed E-state index contributed by atoms with van der Waals surface area (Å²) in [5.74, 6) is -1.29. The lowest BCUT2D eigenvalue weighted by molar-refractivity contribution is -0.131. The maximum absolute atomic E-state index is 12.8. The summed E-state index contributed by atoms with van der Waals surface area (Å²) in [7, 11) is -3.68. The van der Waals surface area contributed by atoms with Gasteiger partial charge in [-0.25, -0.2) is 12.7 Å². The van der Waals surface area contributed by atoms with Gasteiger partial charge in [0, 0.05) is 18.2 Å². The molecule has 2 aliphatic heterocycles. The van der Waals surface area contributed by atoms with Crippen molar-refractivity contribution in [1.82, 2.24) is 9.21 Å². The van der Waals surface area contributed by atoms with Crippen LogP contribution in [0.15, 0.2) is 30.3 Å². The Morgan fingerprint density at radius 2 is 1.79 bits per heavy atom. The third-order valence-corrected chi connectivity index (χ3v) is 6.61. The fourth-order valence-electron chi connectivity index (χ4n) is 4.24. The van der Waals surface area contributed by atoms with Crippen molar-refractivity contribution in [2.45, 2.75) is 32.4 Å². The van der Waals surface area contributed by atoms with E-state index in [4.69, 9.17) is 0 Å². The topological polar surface area (TPSA) is 91.8 Å². The lowest BCUT2D eigenvalue weighted by atomic mass is 9.88. The van der Waals surface area contributed by atoms with Gasteiger partial charge in [-0.05, 0) is 24.0 Å². The third-order valence-electron chi connectivity index (χ3n) is 5.44. The molecule has 0 unspecified atom stereocenters. The first-order valence-corrected chi connectivity index (χ1v) is 11.1. The Balaban J connectivity index is 1.84. The quantitative estimate of drug-likeness (QED) is 0.549. The number of hydrogen-bond donors (Lipinski definition) is 0. The van der Waals surface area contributed by atoms with Crippen molar-refractivity contribution < 1.29 is 22.8 Å².